The molecule has 0 spiro atoms. The van der Waals surface area contributed by atoms with Crippen LogP contribution in [0.3, 0.4) is 0 Å². The predicted octanol–water partition coefficient (Wildman–Crippen LogP) is 10.8. The summed E-state index contributed by atoms with van der Waals surface area (Å²) in [6, 6.07) is 0. The van der Waals surface area contributed by atoms with Gasteiger partial charge in [-0.1, -0.05) is 154 Å². The highest BCUT2D eigenvalue weighted by atomic mass is 31.2. The topological polar surface area (TPSA) is 140 Å². The Morgan fingerprint density at radius 2 is 0.962 bits per heavy atom. The first kappa shape index (κ1) is 53.8. The number of hydrogen-bond donors (Lipinski definition) is 3. The maximum Gasteiger partial charge on any atom is 0.469 e. The molecule has 53 heavy (non-hydrogen) atoms. The van der Waals surface area contributed by atoms with Gasteiger partial charge in [0.15, 0.2) is 6.10 Å². The highest BCUT2D eigenvalue weighted by molar-refractivity contribution is 7.46. The molecule has 0 aliphatic carbocycles. The van der Waals surface area contributed by atoms with Crippen molar-refractivity contribution in [1.82, 2.24) is 0 Å². The molecule has 11 heteroatoms. The number of likely N-dealkylation sites (N-methyl/N-ethyl adjacent to an activating group) is 1. The predicted molar refractivity (Wildman–Crippen MR) is 219 cm³/mol. The lowest BCUT2D eigenvalue weighted by molar-refractivity contribution is -0.870. The van der Waals surface area contributed by atoms with Gasteiger partial charge >= 0.3 is 19.8 Å². The number of carbonyl (C=O) groups excluding carboxylic acids is 2. The molecule has 1 atom stereocenters. The molecule has 10 nitrogen and oxygen atoms in total. The molecule has 0 radical (unpaired) electrons. The Hall–Kier alpha value is -1.29. The number of nitrogens with zero attached hydrogens (tertiary/aromatic N) is 1. The van der Waals surface area contributed by atoms with Gasteiger partial charge in [-0.05, 0) is 38.5 Å². The molecule has 0 rings (SSSR count). The van der Waals surface area contributed by atoms with Gasteiger partial charge in [0, 0.05) is 12.8 Å². The molecule has 0 aliphatic rings. The number of ether oxygens (including phenoxy) is 2. The number of hydrogen-bond acceptors (Lipinski definition) is 7. The molecule has 0 aromatic carbocycles. The van der Waals surface area contributed by atoms with Crippen LogP contribution in [0.25, 0.3) is 0 Å². The summed E-state index contributed by atoms with van der Waals surface area (Å²) in [7, 11) is 1.41. The lowest BCUT2D eigenvalue weighted by Gasteiger charge is -2.21. The Morgan fingerprint density at radius 3 is 1.32 bits per heavy atom. The van der Waals surface area contributed by atoms with Crippen LogP contribution in [0, 0.1) is 0 Å². The van der Waals surface area contributed by atoms with E-state index < -0.39 is 32.5 Å². The molecule has 0 aromatic heterocycles. The number of allylic oxidation sites excluding steroid dienone is 2. The third-order valence-corrected chi connectivity index (χ3v) is 9.54. The molecule has 0 fully saturated rings. The summed E-state index contributed by atoms with van der Waals surface area (Å²) >= 11 is 0. The first-order valence-electron chi connectivity index (χ1n) is 21.5. The number of quaternary nitrogens is 1. The number of aliphatic hydroxyl groups is 1. The van der Waals surface area contributed by atoms with Crippen LogP contribution in [0.5, 0.6) is 0 Å². The van der Waals surface area contributed by atoms with E-state index in [1.54, 1.807) is 0 Å². The minimum atomic E-state index is -4.74. The third kappa shape index (κ3) is 48.7. The zero-order chi connectivity index (χ0) is 39.9. The van der Waals surface area contributed by atoms with Crippen LogP contribution >= 0.6 is 7.82 Å². The second kappa shape index (κ2) is 39.0. The van der Waals surface area contributed by atoms with E-state index in [9.17, 15) is 14.2 Å². The van der Waals surface area contributed by atoms with Gasteiger partial charge in [0.1, 0.15) is 13.2 Å². The van der Waals surface area contributed by atoms with Gasteiger partial charge in [-0.15, -0.1) is 0 Å². The second-order valence-electron chi connectivity index (χ2n) is 15.6. The average Bonchev–Trinajstić information content (AvgIpc) is 3.09. The molecule has 0 heterocycles. The van der Waals surface area contributed by atoms with Gasteiger partial charge in [0.2, 0.25) is 0 Å². The van der Waals surface area contributed by atoms with E-state index in [4.69, 9.17) is 24.4 Å². The van der Waals surface area contributed by atoms with E-state index in [0.29, 0.717) is 6.42 Å². The number of phosphoric ester groups is 1. The van der Waals surface area contributed by atoms with Crippen molar-refractivity contribution in [1.29, 1.82) is 0 Å². The van der Waals surface area contributed by atoms with Gasteiger partial charge < -0.3 is 28.9 Å². The van der Waals surface area contributed by atoms with Crippen molar-refractivity contribution in [3.63, 3.8) is 0 Å². The first-order chi connectivity index (χ1) is 25.3. The Bertz CT molecular complexity index is 888. The van der Waals surface area contributed by atoms with Gasteiger partial charge in [-0.3, -0.25) is 14.1 Å². The smallest absolute Gasteiger partial charge is 0.462 e. The van der Waals surface area contributed by atoms with E-state index in [1.807, 2.05) is 0 Å². The highest BCUT2D eigenvalue weighted by Crippen LogP contribution is 2.36. The van der Waals surface area contributed by atoms with Crippen molar-refractivity contribution in [2.75, 3.05) is 47.5 Å². The Kier molecular flexibility index (Phi) is 39.6. The monoisotopic (exact) mass is 779 g/mol. The van der Waals surface area contributed by atoms with E-state index in [1.165, 1.54) is 109 Å². The molecule has 3 N–H and O–H groups in total. The molecule has 0 saturated heterocycles. The third-order valence-electron chi connectivity index (χ3n) is 9.05. The number of carbonyl (C=O) groups is 2. The average molecular weight is 779 g/mol. The first-order valence-corrected chi connectivity index (χ1v) is 23.0. The minimum Gasteiger partial charge on any atom is -0.462 e. The van der Waals surface area contributed by atoms with E-state index in [2.05, 4.69) is 51.7 Å². The molecule has 0 aromatic rings. The minimum absolute atomic E-state index is 0.206. The van der Waals surface area contributed by atoms with Gasteiger partial charge in [-0.25, -0.2) is 4.57 Å². The fraction of sp³-hybridized carbons (Fsp3) is 0.905. The molecule has 0 unspecified atom stereocenters. The lowest BCUT2D eigenvalue weighted by atomic mass is 10.0. The van der Waals surface area contributed by atoms with E-state index in [-0.39, 0.29) is 26.1 Å². The zero-order valence-electron chi connectivity index (χ0n) is 35.0. The maximum atomic E-state index is 12.3. The summed E-state index contributed by atoms with van der Waals surface area (Å²) < 4.78 is 27.1. The summed E-state index contributed by atoms with van der Waals surface area (Å²) in [5, 5.41) is 8.39. The van der Waals surface area contributed by atoms with Crippen LogP contribution in [-0.4, -0.2) is 84.9 Å². The zero-order valence-corrected chi connectivity index (χ0v) is 35.9. The van der Waals surface area contributed by atoms with Gasteiger partial charge in [-0.2, -0.15) is 0 Å². The fourth-order valence-electron chi connectivity index (χ4n) is 5.73. The summed E-state index contributed by atoms with van der Waals surface area (Å²) in [4.78, 5) is 42.7. The van der Waals surface area contributed by atoms with Crippen molar-refractivity contribution in [3.8, 4) is 0 Å². The summed E-state index contributed by atoms with van der Waals surface area (Å²) in [5.41, 5.74) is 0. The Labute approximate surface area is 326 Å². The van der Waals surface area contributed by atoms with Crippen LogP contribution in [0.4, 0.5) is 0 Å². The molecule has 0 aliphatic heterocycles. The number of unbranched alkanes of at least 4 members (excludes halogenated alkanes) is 23. The van der Waals surface area contributed by atoms with Crippen LogP contribution in [-0.2, 0) is 28.2 Å². The Morgan fingerprint density at radius 1 is 0.585 bits per heavy atom. The number of aliphatic hydroxyl groups excluding tert-OH is 1. The molecule has 0 amide bonds. The van der Waals surface area contributed by atoms with Crippen molar-refractivity contribution < 1.29 is 47.5 Å². The van der Waals surface area contributed by atoms with Gasteiger partial charge in [0.25, 0.3) is 0 Å². The van der Waals surface area contributed by atoms with Crippen molar-refractivity contribution in [2.24, 2.45) is 0 Å². The SMILES string of the molecule is CCCCCCCC/C=C\CCCCCCCC(=O)O[C@H](COC(=O)CCCCCCCCCCCCCCC)COP(=O)(O)O.C[N+](C)(C)CCO. The van der Waals surface area contributed by atoms with Crippen LogP contribution in [0.2, 0.25) is 0 Å². The molecule has 0 saturated carbocycles. The van der Waals surface area contributed by atoms with Gasteiger partial charge in [0.05, 0.1) is 34.4 Å². The lowest BCUT2D eigenvalue weighted by Crippen LogP contribution is -2.36. The molecular formula is C42H85NO9P+. The quantitative estimate of drug-likeness (QED) is 0.0185. The van der Waals surface area contributed by atoms with Crippen LogP contribution in [0.15, 0.2) is 12.2 Å². The summed E-state index contributed by atoms with van der Waals surface area (Å²) in [6.07, 6.45) is 35.0. The fourth-order valence-corrected chi connectivity index (χ4v) is 6.09. The van der Waals surface area contributed by atoms with Crippen molar-refractivity contribution in [2.45, 2.75) is 200 Å². The van der Waals surface area contributed by atoms with E-state index >= 15 is 0 Å². The number of rotatable bonds is 37. The maximum absolute atomic E-state index is 12.3. The largest absolute Gasteiger partial charge is 0.469 e. The Balaban J connectivity index is 0. The normalized spacial score (nSPS) is 12.5. The standard InChI is InChI=1S/C37H71O8P.C5H14NO/c1-3-5-7-9-11-13-15-17-18-20-22-24-26-28-30-32-37(39)45-35(34-44-46(40,41)42)33-43-36(38)31-29-27-25-23-21-19-16-14-12-10-8-6-4-2;1-6(2,3)4-5-7/h17-18,35H,3-16,19-34H2,1-2H3,(H2,40,41,42);7H,4-5H2,1-3H3/q;+1/b18-17-;/t35-;/m1./s1. The van der Waals surface area contributed by atoms with Crippen molar-refractivity contribution in [3.05, 3.63) is 12.2 Å². The molecular weight excluding hydrogens is 693 g/mol. The summed E-state index contributed by atoms with van der Waals surface area (Å²) in [5.74, 6) is -0.887. The number of phosphoric acid groups is 1. The highest BCUT2D eigenvalue weighted by Gasteiger charge is 2.23. The second-order valence-corrected chi connectivity index (χ2v) is 16.9. The van der Waals surface area contributed by atoms with E-state index in [0.717, 1.165) is 62.4 Å². The molecule has 316 valence electrons. The molecule has 0 bridgehead atoms. The van der Waals surface area contributed by atoms with Crippen LogP contribution in [0.1, 0.15) is 194 Å². The number of esters is 2. The van der Waals surface area contributed by atoms with Crippen LogP contribution < -0.4 is 0 Å². The van der Waals surface area contributed by atoms with Crippen molar-refractivity contribution >= 4 is 19.8 Å². The summed E-state index contributed by atoms with van der Waals surface area (Å²) in [6.45, 7) is 4.79.